The van der Waals surface area contributed by atoms with Crippen LogP contribution in [0.2, 0.25) is 0 Å². The molecule has 3 saturated heterocycles. The zero-order valence-corrected chi connectivity index (χ0v) is 45.9. The molecule has 81 heavy (non-hydrogen) atoms. The van der Waals surface area contributed by atoms with E-state index in [0.717, 1.165) is 40.4 Å². The Morgan fingerprint density at radius 1 is 0.741 bits per heavy atom. The lowest BCUT2D eigenvalue weighted by atomic mass is 9.90. The summed E-state index contributed by atoms with van der Waals surface area (Å²) in [5, 5.41) is 34.6. The number of H-pyrrole nitrogens is 1. The number of hydrogen-bond donors (Lipinski definition) is 10. The number of fused-ring (bicyclic) bond motifs is 2. The van der Waals surface area contributed by atoms with Gasteiger partial charge in [0.05, 0.1) is 25.2 Å². The van der Waals surface area contributed by atoms with E-state index in [9.17, 15) is 9.90 Å². The first-order chi connectivity index (χ1) is 39.5. The Bertz CT molecular complexity index is 2870. The van der Waals surface area contributed by atoms with E-state index in [1.54, 1.807) is 30.7 Å². The Hall–Kier alpha value is -7.43. The average Bonchev–Trinajstić information content (AvgIpc) is 4.11. The smallest absolute Gasteiger partial charge is 0.407 e. The zero-order chi connectivity index (χ0) is 56.5. The number of ether oxygens (including phenoxy) is 2. The number of aromatic nitrogens is 2. The summed E-state index contributed by atoms with van der Waals surface area (Å²) >= 11 is 0. The molecule has 3 aliphatic heterocycles. The topological polar surface area (TPSA) is 286 Å². The number of pyridine rings is 1. The summed E-state index contributed by atoms with van der Waals surface area (Å²) in [6.45, 7) is 3.24. The van der Waals surface area contributed by atoms with E-state index >= 15 is 24.0 Å². The van der Waals surface area contributed by atoms with Crippen LogP contribution in [0.4, 0.5) is 4.79 Å². The molecule has 432 valence electrons. The van der Waals surface area contributed by atoms with Crippen molar-refractivity contribution >= 4 is 46.5 Å². The van der Waals surface area contributed by atoms with Crippen LogP contribution in [-0.4, -0.2) is 168 Å². The van der Waals surface area contributed by atoms with Crippen molar-refractivity contribution in [3.8, 4) is 5.75 Å². The summed E-state index contributed by atoms with van der Waals surface area (Å²) in [5.74, 6) is -2.05. The van der Waals surface area contributed by atoms with E-state index in [-0.39, 0.29) is 58.3 Å². The maximum absolute atomic E-state index is 15.5. The van der Waals surface area contributed by atoms with Crippen molar-refractivity contribution in [2.45, 2.75) is 119 Å². The summed E-state index contributed by atoms with van der Waals surface area (Å²) in [6.07, 6.45) is 7.84. The van der Waals surface area contributed by atoms with Crippen LogP contribution in [0.1, 0.15) is 67.2 Å². The molecule has 5 heterocycles. The van der Waals surface area contributed by atoms with E-state index in [4.69, 9.17) is 15.2 Å². The van der Waals surface area contributed by atoms with E-state index in [1.165, 1.54) is 24.2 Å². The number of rotatable bonds is 17. The quantitative estimate of drug-likeness (QED) is 0.0638. The molecule has 4 fully saturated rings. The van der Waals surface area contributed by atoms with Crippen LogP contribution < -0.4 is 47.7 Å². The zero-order valence-electron chi connectivity index (χ0n) is 45.9. The molecule has 0 radical (unpaired) electrons. The molecular formula is C60H78N12O9. The first kappa shape index (κ1) is 58.2. The van der Waals surface area contributed by atoms with Crippen LogP contribution in [0.15, 0.2) is 110 Å². The third kappa shape index (κ3) is 16.4. The van der Waals surface area contributed by atoms with Crippen LogP contribution in [0.5, 0.6) is 5.75 Å². The molecule has 0 spiro atoms. The fourth-order valence-electron chi connectivity index (χ4n) is 11.4. The minimum atomic E-state index is -1.61. The van der Waals surface area contributed by atoms with Crippen LogP contribution in [0.25, 0.3) is 10.9 Å². The number of alkyl carbamates (subject to hydrolysis) is 1. The predicted octanol–water partition coefficient (Wildman–Crippen LogP) is 1.97. The van der Waals surface area contributed by atoms with Gasteiger partial charge in [-0.2, -0.15) is 0 Å². The minimum Gasteiger partial charge on any atom is -0.493 e. The highest BCUT2D eigenvalue weighted by atomic mass is 16.6. The summed E-state index contributed by atoms with van der Waals surface area (Å²) in [6, 6.07) is 20.6. The van der Waals surface area contributed by atoms with Crippen molar-refractivity contribution in [1.82, 2.24) is 57.0 Å². The fourth-order valence-corrected chi connectivity index (χ4v) is 11.4. The highest BCUT2D eigenvalue weighted by Gasteiger charge is 2.45. The van der Waals surface area contributed by atoms with Gasteiger partial charge in [0, 0.05) is 88.1 Å². The van der Waals surface area contributed by atoms with Gasteiger partial charge in [-0.1, -0.05) is 86.0 Å². The predicted molar refractivity (Wildman–Crippen MR) is 304 cm³/mol. The number of nitrogens with one attached hydrogen (secondary N) is 8. The Kier molecular flexibility index (Phi) is 20.7. The van der Waals surface area contributed by atoms with Gasteiger partial charge in [-0.25, -0.2) is 4.79 Å². The van der Waals surface area contributed by atoms with Crippen LogP contribution >= 0.6 is 0 Å². The molecule has 1 aliphatic carbocycles. The normalized spacial score (nSPS) is 24.9. The minimum absolute atomic E-state index is 0.00298. The van der Waals surface area contributed by atoms with Gasteiger partial charge < -0.3 is 62.1 Å². The Balaban J connectivity index is 1.10. The summed E-state index contributed by atoms with van der Waals surface area (Å²) in [7, 11) is 0. The lowest BCUT2D eigenvalue weighted by molar-refractivity contribution is -0.142. The van der Waals surface area contributed by atoms with Crippen molar-refractivity contribution in [2.24, 2.45) is 11.7 Å². The van der Waals surface area contributed by atoms with E-state index in [2.05, 4.69) is 52.1 Å². The van der Waals surface area contributed by atoms with E-state index in [0.29, 0.717) is 56.4 Å². The summed E-state index contributed by atoms with van der Waals surface area (Å²) in [5.41, 5.74) is 9.45. The molecule has 11 N–H and O–H groups in total. The molecular weight excluding hydrogens is 1030 g/mol. The van der Waals surface area contributed by atoms with Crippen LogP contribution in [0.3, 0.4) is 0 Å². The molecule has 6 amide bonds. The second-order valence-corrected chi connectivity index (χ2v) is 21.8. The Labute approximate surface area is 472 Å². The lowest BCUT2D eigenvalue weighted by Gasteiger charge is -2.35. The number of aromatic amines is 1. The number of benzene rings is 3. The molecule has 21 heteroatoms. The number of carbonyl (C=O) groups is 6. The molecule has 1 unspecified atom stereocenters. The number of para-hydroxylation sites is 1. The van der Waals surface area contributed by atoms with Gasteiger partial charge in [0.15, 0.2) is 0 Å². The van der Waals surface area contributed by atoms with Crippen molar-refractivity contribution in [3.63, 3.8) is 0 Å². The second kappa shape index (κ2) is 28.8. The molecule has 1 saturated carbocycles. The van der Waals surface area contributed by atoms with Gasteiger partial charge in [0.1, 0.15) is 42.2 Å². The summed E-state index contributed by atoms with van der Waals surface area (Å²) in [4.78, 5) is 99.9. The monoisotopic (exact) mass is 1110 g/mol. The maximum atomic E-state index is 15.5. The van der Waals surface area contributed by atoms with Gasteiger partial charge in [0.2, 0.25) is 29.5 Å². The first-order valence-corrected chi connectivity index (χ1v) is 28.7. The van der Waals surface area contributed by atoms with Gasteiger partial charge in [-0.3, -0.25) is 39.2 Å². The largest absolute Gasteiger partial charge is 0.493 e. The van der Waals surface area contributed by atoms with Crippen molar-refractivity contribution in [1.29, 1.82) is 0 Å². The molecule has 2 aromatic heterocycles. The van der Waals surface area contributed by atoms with Crippen LogP contribution in [-0.2, 0) is 54.4 Å². The molecule has 21 nitrogen and oxygen atoms in total. The highest BCUT2D eigenvalue weighted by Crippen LogP contribution is 2.27. The second-order valence-electron chi connectivity index (χ2n) is 21.8. The van der Waals surface area contributed by atoms with E-state index < -0.39 is 84.2 Å². The number of aliphatic hydroxyl groups is 1. The van der Waals surface area contributed by atoms with Gasteiger partial charge in [-0.05, 0) is 91.0 Å². The Morgan fingerprint density at radius 3 is 2.22 bits per heavy atom. The van der Waals surface area contributed by atoms with Gasteiger partial charge >= 0.3 is 6.09 Å². The van der Waals surface area contributed by atoms with Gasteiger partial charge in [-0.15, -0.1) is 0 Å². The number of hydrogen-bond acceptors (Lipinski definition) is 14. The van der Waals surface area contributed by atoms with Crippen LogP contribution in [0, 0.1) is 5.92 Å². The standard InChI is InChI=1S/C60H78N12O9/c61-23-25-64-60(79)81-45-33-53-58(77)66-48(22-19-39-10-3-1-4-11-39)54(73)68-50(32-43-35-65-47-16-8-7-15-46(43)47)56(75)70-52(37-71-28-26-62-27-29-71)57(76)67-49(30-40-17-20-44(21-18-40)80-38-41-12-5-2-6-13-41)55(74)69-51(59(78)72(53)36-45)31-42-14-9-24-63-34-42/h1,3-4,7-11,14-18,20-21,24,34-35,41,45,48-53,55,62,65,69,74H,2,5-6,12-13,19,22-23,25-33,36-38,61H2,(H,64,79)(H,66,77)(H,67,76)(H,68,73)(H,70,75)/t45-,48+,49+,50-,51+,52+,53+,55?/m1/s1. The number of nitrogens with two attached hydrogens (primary N) is 1. The summed E-state index contributed by atoms with van der Waals surface area (Å²) < 4.78 is 12.0. The average molecular weight is 1110 g/mol. The maximum Gasteiger partial charge on any atom is 0.407 e. The number of aliphatic hydroxyl groups excluding tert-OH is 1. The highest BCUT2D eigenvalue weighted by molar-refractivity contribution is 5.97. The third-order valence-corrected chi connectivity index (χ3v) is 15.9. The molecule has 8 atom stereocenters. The molecule has 0 bridgehead atoms. The van der Waals surface area contributed by atoms with Crippen molar-refractivity contribution < 1.29 is 43.3 Å². The van der Waals surface area contributed by atoms with Gasteiger partial charge in [0.25, 0.3) is 0 Å². The van der Waals surface area contributed by atoms with Crippen molar-refractivity contribution in [2.75, 3.05) is 59.0 Å². The molecule has 5 aromatic rings. The van der Waals surface area contributed by atoms with Crippen molar-refractivity contribution in [3.05, 3.63) is 132 Å². The number of amides is 6. The third-order valence-electron chi connectivity index (χ3n) is 15.9. The lowest BCUT2D eigenvalue weighted by Crippen LogP contribution is -2.64. The number of nitrogens with zero attached hydrogens (tertiary/aromatic N) is 3. The number of carbonyl (C=O) groups excluding carboxylic acids is 6. The first-order valence-electron chi connectivity index (χ1n) is 28.7. The molecule has 3 aromatic carbocycles. The number of piperazine rings is 1. The molecule has 9 rings (SSSR count). The molecule has 4 aliphatic rings. The van der Waals surface area contributed by atoms with E-state index in [1.807, 2.05) is 78.9 Å². The fraction of sp³-hybridized carbons (Fsp3) is 0.483. The Morgan fingerprint density at radius 2 is 1.46 bits per heavy atom. The number of aryl methyl sites for hydroxylation is 1. The SMILES string of the molecule is NCCNC(=O)O[C@@H]1C[C@H]2C(=O)N[C@@H](CCc3ccccc3)C(=O)N[C@H](Cc3c[nH]c4ccccc34)C(=O)N[C@@H](CN3CCNCC3)C(=O)N[C@@H](Cc3ccc(OCC4CCCCC4)cc3)C(O)N[C@@H](Cc3cccnc3)C(=O)N2C1.